The van der Waals surface area contributed by atoms with E-state index >= 15 is 0 Å². The Bertz CT molecular complexity index is 380. The first-order valence-corrected chi connectivity index (χ1v) is 5.59. The maximum absolute atomic E-state index is 13.6. The lowest BCUT2D eigenvalue weighted by molar-refractivity contribution is -0.0389. The molecule has 1 saturated carbocycles. The first-order valence-electron chi connectivity index (χ1n) is 5.59. The molecule has 0 aliphatic heterocycles. The van der Waals surface area contributed by atoms with Crippen LogP contribution in [0.4, 0.5) is 4.39 Å². The summed E-state index contributed by atoms with van der Waals surface area (Å²) in [5, 5.41) is 10.2. The van der Waals surface area contributed by atoms with Gasteiger partial charge in [-0.25, -0.2) is 4.39 Å². The summed E-state index contributed by atoms with van der Waals surface area (Å²) in [5.74, 6) is -0.121. The summed E-state index contributed by atoms with van der Waals surface area (Å²) in [6, 6.07) is 3.61. The van der Waals surface area contributed by atoms with Crippen molar-refractivity contribution in [2.75, 3.05) is 0 Å². The summed E-state index contributed by atoms with van der Waals surface area (Å²) in [6.45, 7) is 3.70. The highest BCUT2D eigenvalue weighted by Gasteiger charge is 2.36. The van der Waals surface area contributed by atoms with E-state index in [4.69, 9.17) is 0 Å². The average Bonchev–Trinajstić information content (AvgIpc) is 2.18. The van der Waals surface area contributed by atoms with Crippen LogP contribution in [0.15, 0.2) is 12.1 Å². The summed E-state index contributed by atoms with van der Waals surface area (Å²) in [7, 11) is 0. The van der Waals surface area contributed by atoms with Gasteiger partial charge in [0.25, 0.3) is 0 Å². The highest BCUT2D eigenvalue weighted by atomic mass is 19.1. The molecule has 1 aromatic carbocycles. The van der Waals surface area contributed by atoms with Gasteiger partial charge in [0.1, 0.15) is 5.82 Å². The summed E-state index contributed by atoms with van der Waals surface area (Å²) in [6.07, 6.45) is 3.35. The Kier molecular flexibility index (Phi) is 2.55. The van der Waals surface area contributed by atoms with Crippen LogP contribution in [0.1, 0.15) is 42.9 Å². The van der Waals surface area contributed by atoms with Gasteiger partial charge in [0.15, 0.2) is 0 Å². The maximum Gasteiger partial charge on any atom is 0.129 e. The number of halogens is 1. The Balaban J connectivity index is 2.45. The van der Waals surface area contributed by atoms with E-state index < -0.39 is 5.60 Å². The molecule has 1 aromatic rings. The largest absolute Gasteiger partial charge is 0.385 e. The normalized spacial score (nSPS) is 18.7. The quantitative estimate of drug-likeness (QED) is 0.792. The zero-order chi connectivity index (χ0) is 11.1. The summed E-state index contributed by atoms with van der Waals surface area (Å²) < 4.78 is 13.6. The molecule has 0 aromatic heterocycles. The molecule has 0 radical (unpaired) electrons. The van der Waals surface area contributed by atoms with E-state index in [9.17, 15) is 9.50 Å². The minimum absolute atomic E-state index is 0.121. The van der Waals surface area contributed by atoms with E-state index in [1.165, 1.54) is 0 Å². The summed E-state index contributed by atoms with van der Waals surface area (Å²) in [4.78, 5) is 0. The van der Waals surface area contributed by atoms with E-state index in [-0.39, 0.29) is 5.82 Å². The topological polar surface area (TPSA) is 20.2 Å². The molecule has 0 bridgehead atoms. The molecule has 1 aliphatic carbocycles. The van der Waals surface area contributed by atoms with Gasteiger partial charge >= 0.3 is 0 Å². The maximum atomic E-state index is 13.6. The Hall–Kier alpha value is -0.890. The van der Waals surface area contributed by atoms with E-state index in [2.05, 4.69) is 0 Å². The van der Waals surface area contributed by atoms with Crippen LogP contribution in [-0.4, -0.2) is 5.11 Å². The van der Waals surface area contributed by atoms with Crippen molar-refractivity contribution in [2.24, 2.45) is 0 Å². The van der Waals surface area contributed by atoms with Crippen molar-refractivity contribution >= 4 is 0 Å². The van der Waals surface area contributed by atoms with Crippen LogP contribution in [0, 0.1) is 12.7 Å². The molecule has 15 heavy (non-hydrogen) atoms. The first kappa shape index (κ1) is 10.6. The molecule has 1 N–H and O–H groups in total. The van der Waals surface area contributed by atoms with Crippen molar-refractivity contribution in [3.05, 3.63) is 34.6 Å². The monoisotopic (exact) mass is 208 g/mol. The zero-order valence-electron chi connectivity index (χ0n) is 9.31. The van der Waals surface area contributed by atoms with Crippen LogP contribution in [-0.2, 0) is 12.0 Å². The van der Waals surface area contributed by atoms with Crippen molar-refractivity contribution in [1.29, 1.82) is 0 Å². The van der Waals surface area contributed by atoms with Gasteiger partial charge in [0.05, 0.1) is 5.60 Å². The van der Waals surface area contributed by atoms with Crippen molar-refractivity contribution in [1.82, 2.24) is 0 Å². The van der Waals surface area contributed by atoms with Crippen LogP contribution in [0.5, 0.6) is 0 Å². The third-order valence-electron chi connectivity index (χ3n) is 3.43. The SMILES string of the molecule is CCc1cc(C2(O)CCC2)cc(C)c1F. The third kappa shape index (κ3) is 1.67. The number of aliphatic hydroxyl groups is 1. The molecule has 82 valence electrons. The van der Waals surface area contributed by atoms with Crippen LogP contribution in [0.3, 0.4) is 0 Å². The Morgan fingerprint density at radius 3 is 2.53 bits per heavy atom. The number of hydrogen-bond donors (Lipinski definition) is 1. The molecule has 1 aliphatic rings. The Morgan fingerprint density at radius 1 is 1.40 bits per heavy atom. The molecule has 0 atom stereocenters. The summed E-state index contributed by atoms with van der Waals surface area (Å²) >= 11 is 0. The lowest BCUT2D eigenvalue weighted by Gasteiger charge is -2.37. The standard InChI is InChI=1S/C13H17FO/c1-3-10-8-11(7-9(2)12(10)14)13(15)5-4-6-13/h7-8,15H,3-6H2,1-2H3. The molecule has 0 spiro atoms. The summed E-state index contributed by atoms with van der Waals surface area (Å²) in [5.41, 5.74) is 1.57. The number of hydrogen-bond acceptors (Lipinski definition) is 1. The molecule has 0 unspecified atom stereocenters. The minimum Gasteiger partial charge on any atom is -0.385 e. The molecular formula is C13H17FO. The molecule has 1 nitrogen and oxygen atoms in total. The molecule has 0 heterocycles. The average molecular weight is 208 g/mol. The fourth-order valence-corrected chi connectivity index (χ4v) is 2.17. The molecule has 0 saturated heterocycles. The zero-order valence-corrected chi connectivity index (χ0v) is 9.31. The highest BCUT2D eigenvalue weighted by Crippen LogP contribution is 2.41. The predicted molar refractivity (Wildman–Crippen MR) is 58.3 cm³/mol. The van der Waals surface area contributed by atoms with Crippen molar-refractivity contribution in [3.8, 4) is 0 Å². The smallest absolute Gasteiger partial charge is 0.129 e. The second-order valence-corrected chi connectivity index (χ2v) is 4.50. The second kappa shape index (κ2) is 3.60. The molecular weight excluding hydrogens is 191 g/mol. The van der Waals surface area contributed by atoms with Crippen LogP contribution in [0.2, 0.25) is 0 Å². The second-order valence-electron chi connectivity index (χ2n) is 4.50. The van der Waals surface area contributed by atoms with Crippen LogP contribution < -0.4 is 0 Å². The van der Waals surface area contributed by atoms with Gasteiger partial charge in [-0.1, -0.05) is 19.1 Å². The highest BCUT2D eigenvalue weighted by molar-refractivity contribution is 5.35. The number of aryl methyl sites for hydroxylation is 2. The fourth-order valence-electron chi connectivity index (χ4n) is 2.17. The molecule has 2 heteroatoms. The van der Waals surface area contributed by atoms with Gasteiger partial charge in [0, 0.05) is 0 Å². The number of benzene rings is 1. The predicted octanol–water partition coefficient (Wildman–Crippen LogP) is 3.07. The first-order chi connectivity index (χ1) is 7.07. The van der Waals surface area contributed by atoms with Gasteiger partial charge in [-0.2, -0.15) is 0 Å². The van der Waals surface area contributed by atoms with Crippen LogP contribution >= 0.6 is 0 Å². The third-order valence-corrected chi connectivity index (χ3v) is 3.43. The lowest BCUT2D eigenvalue weighted by Crippen LogP contribution is -2.33. The Labute approximate surface area is 89.9 Å². The lowest BCUT2D eigenvalue weighted by atomic mass is 9.74. The van der Waals surface area contributed by atoms with E-state index in [0.717, 1.165) is 24.8 Å². The van der Waals surface area contributed by atoms with Gasteiger partial charge in [-0.15, -0.1) is 0 Å². The van der Waals surface area contributed by atoms with E-state index in [0.29, 0.717) is 17.5 Å². The van der Waals surface area contributed by atoms with E-state index in [1.54, 1.807) is 13.0 Å². The van der Waals surface area contributed by atoms with E-state index in [1.807, 2.05) is 13.0 Å². The van der Waals surface area contributed by atoms with Gasteiger partial charge in [-0.3, -0.25) is 0 Å². The molecule has 0 amide bonds. The minimum atomic E-state index is -0.678. The van der Waals surface area contributed by atoms with Crippen molar-refractivity contribution < 1.29 is 9.50 Å². The Morgan fingerprint density at radius 2 is 2.07 bits per heavy atom. The van der Waals surface area contributed by atoms with Gasteiger partial charge in [0.2, 0.25) is 0 Å². The molecule has 1 fully saturated rings. The van der Waals surface area contributed by atoms with Crippen molar-refractivity contribution in [2.45, 2.75) is 45.1 Å². The fraction of sp³-hybridized carbons (Fsp3) is 0.538. The number of rotatable bonds is 2. The van der Waals surface area contributed by atoms with Crippen LogP contribution in [0.25, 0.3) is 0 Å². The van der Waals surface area contributed by atoms with Gasteiger partial charge in [-0.05, 0) is 49.3 Å². The van der Waals surface area contributed by atoms with Gasteiger partial charge < -0.3 is 5.11 Å². The molecule has 2 rings (SSSR count). The van der Waals surface area contributed by atoms with Crippen molar-refractivity contribution in [3.63, 3.8) is 0 Å².